The lowest BCUT2D eigenvalue weighted by atomic mass is 10.1. The smallest absolute Gasteiger partial charge is 0.350 e. The van der Waals surface area contributed by atoms with Crippen LogP contribution < -0.4 is 10.6 Å². The second-order valence-corrected chi connectivity index (χ2v) is 10.4. The van der Waals surface area contributed by atoms with Crippen LogP contribution >= 0.6 is 11.6 Å². The van der Waals surface area contributed by atoms with Crippen LogP contribution in [0.4, 0.5) is 10.2 Å². The van der Waals surface area contributed by atoms with E-state index in [9.17, 15) is 14.0 Å². The third-order valence-corrected chi connectivity index (χ3v) is 7.65. The number of nitrogens with zero attached hydrogens (tertiary/aromatic N) is 6. The topological polar surface area (TPSA) is 84.2 Å². The molecule has 39 heavy (non-hydrogen) atoms. The molecule has 1 atom stereocenters. The molecule has 0 N–H and O–H groups in total. The number of pyridine rings is 2. The van der Waals surface area contributed by atoms with Crippen molar-refractivity contribution in [2.75, 3.05) is 24.5 Å². The monoisotopic (exact) mass is 544 g/mol. The molecule has 6 rings (SSSR count). The van der Waals surface area contributed by atoms with Crippen LogP contribution in [0.25, 0.3) is 28.1 Å². The first kappa shape index (κ1) is 25.2. The summed E-state index contributed by atoms with van der Waals surface area (Å²) in [6.07, 6.45) is 4.97. The molecule has 4 aromatic rings. The summed E-state index contributed by atoms with van der Waals surface area (Å²) < 4.78 is 16.3. The number of hydrogen-bond donors (Lipinski definition) is 0. The summed E-state index contributed by atoms with van der Waals surface area (Å²) in [6.45, 7) is 6.89. The molecule has 1 saturated carbocycles. The second kappa shape index (κ2) is 9.89. The number of amides is 1. The molecule has 0 spiro atoms. The molecule has 3 aromatic heterocycles. The summed E-state index contributed by atoms with van der Waals surface area (Å²) in [4.78, 5) is 43.6. The number of carbonyl (C=O) groups excluding carboxylic acids is 1. The molecular weight excluding hydrogens is 519 g/mol. The van der Waals surface area contributed by atoms with Gasteiger partial charge in [0.1, 0.15) is 17.5 Å². The second-order valence-electron chi connectivity index (χ2n) is 9.94. The van der Waals surface area contributed by atoms with Crippen LogP contribution in [0.3, 0.4) is 0 Å². The van der Waals surface area contributed by atoms with Gasteiger partial charge in [-0.25, -0.2) is 23.7 Å². The average Bonchev–Trinajstić information content (AvgIpc) is 3.78. The van der Waals surface area contributed by atoms with Gasteiger partial charge in [-0.05, 0) is 61.6 Å². The zero-order valence-corrected chi connectivity index (χ0v) is 22.1. The van der Waals surface area contributed by atoms with Gasteiger partial charge in [0, 0.05) is 37.4 Å². The largest absolute Gasteiger partial charge is 0.357 e. The Balaban J connectivity index is 1.59. The van der Waals surface area contributed by atoms with Crippen molar-refractivity contribution in [3.63, 3.8) is 0 Å². The molecule has 4 heterocycles. The van der Waals surface area contributed by atoms with Crippen molar-refractivity contribution in [3.05, 3.63) is 88.2 Å². The average molecular weight is 545 g/mol. The van der Waals surface area contributed by atoms with Crippen molar-refractivity contribution in [3.8, 4) is 17.1 Å². The Kier molecular flexibility index (Phi) is 6.38. The fraction of sp³-hybridized carbons (Fsp3) is 0.276. The van der Waals surface area contributed by atoms with E-state index in [1.807, 2.05) is 24.0 Å². The van der Waals surface area contributed by atoms with E-state index in [-0.39, 0.29) is 28.2 Å². The predicted octanol–water partition coefficient (Wildman–Crippen LogP) is 4.74. The van der Waals surface area contributed by atoms with Crippen LogP contribution in [-0.4, -0.2) is 56.0 Å². The molecule has 1 amide bonds. The highest BCUT2D eigenvalue weighted by Crippen LogP contribution is 2.42. The van der Waals surface area contributed by atoms with Crippen LogP contribution in [0, 0.1) is 5.82 Å². The van der Waals surface area contributed by atoms with Crippen molar-refractivity contribution in [1.29, 1.82) is 0 Å². The zero-order valence-electron chi connectivity index (χ0n) is 21.3. The lowest BCUT2D eigenvalue weighted by Gasteiger charge is -2.40. The number of rotatable bonds is 5. The van der Waals surface area contributed by atoms with Crippen molar-refractivity contribution in [1.82, 2.24) is 24.4 Å². The molecule has 1 aliphatic heterocycles. The molecular formula is C29H26ClFN6O2. The van der Waals surface area contributed by atoms with Crippen molar-refractivity contribution < 1.29 is 9.18 Å². The highest BCUT2D eigenvalue weighted by atomic mass is 35.5. The van der Waals surface area contributed by atoms with Gasteiger partial charge < -0.3 is 9.80 Å². The Morgan fingerprint density at radius 1 is 1.13 bits per heavy atom. The summed E-state index contributed by atoms with van der Waals surface area (Å²) in [5.74, 6) is 0.587. The highest BCUT2D eigenvalue weighted by Gasteiger charge is 2.32. The standard InChI is InChI=1S/C29H26ClFN6O2/c1-3-24(38)35-13-14-36(17(2)16-35)27-21-15-22(30)25(20-7-4-5-9-23(20)31)33-28(21)37(29(39)34-27)26-19(18-10-11-18)8-6-12-32-26/h3-9,12,15,17-18H,1,10-11,13-14,16H2,2H3. The maximum absolute atomic E-state index is 14.8. The minimum Gasteiger partial charge on any atom is -0.350 e. The number of hydrogen-bond acceptors (Lipinski definition) is 6. The molecule has 2 aliphatic rings. The van der Waals surface area contributed by atoms with Crippen LogP contribution in [0.2, 0.25) is 5.02 Å². The van der Waals surface area contributed by atoms with Gasteiger partial charge in [-0.15, -0.1) is 0 Å². The molecule has 1 unspecified atom stereocenters. The quantitative estimate of drug-likeness (QED) is 0.338. The third-order valence-electron chi connectivity index (χ3n) is 7.36. The van der Waals surface area contributed by atoms with Gasteiger partial charge in [0.15, 0.2) is 5.65 Å². The molecule has 8 nitrogen and oxygen atoms in total. The normalized spacial score (nSPS) is 17.5. The Hall–Kier alpha value is -4.11. The summed E-state index contributed by atoms with van der Waals surface area (Å²) >= 11 is 6.73. The Bertz CT molecular complexity index is 1680. The molecule has 0 bridgehead atoms. The van der Waals surface area contributed by atoms with E-state index in [0.717, 1.165) is 18.4 Å². The van der Waals surface area contributed by atoms with Crippen LogP contribution in [-0.2, 0) is 4.79 Å². The van der Waals surface area contributed by atoms with E-state index in [0.29, 0.717) is 48.2 Å². The number of halogens is 2. The molecule has 1 aromatic carbocycles. The summed E-state index contributed by atoms with van der Waals surface area (Å²) in [5, 5.41) is 0.778. The zero-order chi connectivity index (χ0) is 27.3. The van der Waals surface area contributed by atoms with E-state index in [1.54, 1.807) is 35.4 Å². The predicted molar refractivity (Wildman–Crippen MR) is 149 cm³/mol. The maximum Gasteiger partial charge on any atom is 0.357 e. The van der Waals surface area contributed by atoms with Gasteiger partial charge in [-0.2, -0.15) is 4.98 Å². The van der Waals surface area contributed by atoms with Gasteiger partial charge in [0.05, 0.1) is 16.1 Å². The molecule has 10 heteroatoms. The van der Waals surface area contributed by atoms with Crippen molar-refractivity contribution in [2.24, 2.45) is 0 Å². The van der Waals surface area contributed by atoms with Gasteiger partial charge >= 0.3 is 5.69 Å². The fourth-order valence-corrected chi connectivity index (χ4v) is 5.52. The first-order valence-corrected chi connectivity index (χ1v) is 13.3. The van der Waals surface area contributed by atoms with E-state index in [4.69, 9.17) is 16.6 Å². The molecule has 2 fully saturated rings. The molecule has 1 aliphatic carbocycles. The molecule has 0 radical (unpaired) electrons. The number of piperazine rings is 1. The highest BCUT2D eigenvalue weighted by molar-refractivity contribution is 6.33. The minimum absolute atomic E-state index is 0.142. The third kappa shape index (κ3) is 4.46. The SMILES string of the molecule is C=CC(=O)N1CCN(c2nc(=O)n(-c3ncccc3C3CC3)c3nc(-c4ccccc4F)c(Cl)cc23)C(C)C1. The lowest BCUT2D eigenvalue weighted by Crippen LogP contribution is -2.54. The maximum atomic E-state index is 14.8. The van der Waals surface area contributed by atoms with Crippen LogP contribution in [0.15, 0.2) is 66.1 Å². The summed E-state index contributed by atoms with van der Waals surface area (Å²) in [7, 11) is 0. The van der Waals surface area contributed by atoms with Crippen molar-refractivity contribution in [2.45, 2.75) is 31.7 Å². The summed E-state index contributed by atoms with van der Waals surface area (Å²) in [6, 6.07) is 11.6. The lowest BCUT2D eigenvalue weighted by molar-refractivity contribution is -0.126. The van der Waals surface area contributed by atoms with E-state index in [1.165, 1.54) is 16.7 Å². The van der Waals surface area contributed by atoms with Crippen LogP contribution in [0.5, 0.6) is 0 Å². The number of benzene rings is 1. The van der Waals surface area contributed by atoms with Gasteiger partial charge in [0.2, 0.25) is 5.91 Å². The number of anilines is 1. The van der Waals surface area contributed by atoms with Gasteiger partial charge in [0.25, 0.3) is 0 Å². The van der Waals surface area contributed by atoms with E-state index < -0.39 is 11.5 Å². The van der Waals surface area contributed by atoms with E-state index in [2.05, 4.69) is 16.5 Å². The Labute approximate surface area is 229 Å². The first-order chi connectivity index (χ1) is 18.9. The molecule has 198 valence electrons. The number of carbonyl (C=O) groups is 1. The van der Waals surface area contributed by atoms with Gasteiger partial charge in [-0.3, -0.25) is 4.79 Å². The van der Waals surface area contributed by atoms with Crippen LogP contribution in [0.1, 0.15) is 31.2 Å². The number of fused-ring (bicyclic) bond motifs is 1. The molecule has 1 saturated heterocycles. The summed E-state index contributed by atoms with van der Waals surface area (Å²) in [5.41, 5.74) is 1.17. The fourth-order valence-electron chi connectivity index (χ4n) is 5.27. The first-order valence-electron chi connectivity index (χ1n) is 12.9. The Morgan fingerprint density at radius 3 is 2.64 bits per heavy atom. The number of aromatic nitrogens is 4. The van der Waals surface area contributed by atoms with Crippen molar-refractivity contribution >= 4 is 34.4 Å². The minimum atomic E-state index is -0.538. The van der Waals surface area contributed by atoms with Gasteiger partial charge in [-0.1, -0.05) is 36.4 Å². The Morgan fingerprint density at radius 2 is 1.92 bits per heavy atom. The van der Waals surface area contributed by atoms with E-state index >= 15 is 0 Å².